The highest BCUT2D eigenvalue weighted by Gasteiger charge is 2.44. The second-order valence-corrected chi connectivity index (χ2v) is 16.5. The molecule has 6 amide bonds. The molecule has 11 N–H and O–H groups in total. The number of benzene rings is 4. The average molecular weight is 911 g/mol. The molecule has 0 aromatic heterocycles. The molecule has 62 heavy (non-hydrogen) atoms. The lowest BCUT2D eigenvalue weighted by Gasteiger charge is -2.39. The van der Waals surface area contributed by atoms with Crippen molar-refractivity contribution >= 4 is 68.1 Å². The molecule has 0 fully saturated rings. The molecular weight excluding hydrogens is 854 g/mol. The van der Waals surface area contributed by atoms with Crippen LogP contribution in [-0.4, -0.2) is 78.2 Å². The van der Waals surface area contributed by atoms with E-state index in [1.54, 1.807) is 0 Å². The van der Waals surface area contributed by atoms with E-state index in [1.807, 2.05) is 97.9 Å². The number of amides is 6. The molecule has 0 radical (unpaired) electrons. The SMILES string of the molecule is CCCCC(=O)NC1(C(=O)N[C@H](Cc2ccccc2)C(=O)N[C@@H](CCCN=C(N)N)C(=O)NC(Cc2ccc3ccccc3c2)C(=O)NCC(N)=O)CCc2c(Br)cccc2C1. The van der Waals surface area contributed by atoms with E-state index in [1.165, 1.54) is 0 Å². The van der Waals surface area contributed by atoms with Gasteiger partial charge < -0.3 is 43.8 Å². The van der Waals surface area contributed by atoms with E-state index in [2.05, 4.69) is 47.5 Å². The molecule has 0 saturated carbocycles. The van der Waals surface area contributed by atoms with E-state index >= 15 is 0 Å². The second-order valence-electron chi connectivity index (χ2n) is 15.6. The first kappa shape index (κ1) is 46.8. The van der Waals surface area contributed by atoms with Crippen LogP contribution in [-0.2, 0) is 54.5 Å². The number of halogens is 1. The van der Waals surface area contributed by atoms with Crippen molar-refractivity contribution in [2.24, 2.45) is 22.2 Å². The van der Waals surface area contributed by atoms with E-state index in [0.29, 0.717) is 12.8 Å². The minimum atomic E-state index is -1.36. The molecular formula is C46H56BrN9O6. The summed E-state index contributed by atoms with van der Waals surface area (Å²) in [5.41, 5.74) is 18.5. The first-order chi connectivity index (χ1) is 29.8. The molecule has 16 heteroatoms. The van der Waals surface area contributed by atoms with E-state index in [9.17, 15) is 28.8 Å². The van der Waals surface area contributed by atoms with Crippen LogP contribution < -0.4 is 43.8 Å². The number of carbonyl (C=O) groups excluding carboxylic acids is 6. The lowest BCUT2D eigenvalue weighted by Crippen LogP contribution is -2.65. The number of guanidine groups is 1. The van der Waals surface area contributed by atoms with Crippen LogP contribution in [0.2, 0.25) is 0 Å². The third-order valence-corrected chi connectivity index (χ3v) is 11.6. The lowest BCUT2D eigenvalue weighted by molar-refractivity contribution is -0.137. The van der Waals surface area contributed by atoms with Gasteiger partial charge in [-0.25, -0.2) is 0 Å². The number of hydrogen-bond donors (Lipinski definition) is 8. The smallest absolute Gasteiger partial charge is 0.246 e. The van der Waals surface area contributed by atoms with Gasteiger partial charge in [0.2, 0.25) is 35.4 Å². The Morgan fingerprint density at radius 3 is 2.15 bits per heavy atom. The van der Waals surface area contributed by atoms with E-state index in [0.717, 1.165) is 43.9 Å². The fraction of sp³-hybridized carbons (Fsp3) is 0.370. The van der Waals surface area contributed by atoms with Crippen LogP contribution >= 0.6 is 15.9 Å². The summed E-state index contributed by atoms with van der Waals surface area (Å²) < 4.78 is 0.914. The van der Waals surface area contributed by atoms with Gasteiger partial charge in [0, 0.05) is 36.7 Å². The molecule has 0 bridgehead atoms. The molecule has 4 aromatic rings. The number of unbranched alkanes of at least 4 members (excludes halogenated alkanes) is 1. The minimum Gasteiger partial charge on any atom is -0.370 e. The Morgan fingerprint density at radius 2 is 1.42 bits per heavy atom. The largest absolute Gasteiger partial charge is 0.370 e. The van der Waals surface area contributed by atoms with Crippen molar-refractivity contribution in [2.75, 3.05) is 13.1 Å². The first-order valence-electron chi connectivity index (χ1n) is 20.9. The van der Waals surface area contributed by atoms with E-state index < -0.39 is 59.7 Å². The molecule has 4 aromatic carbocycles. The number of fused-ring (bicyclic) bond motifs is 2. The van der Waals surface area contributed by atoms with Crippen LogP contribution in [0.15, 0.2) is 100 Å². The van der Waals surface area contributed by atoms with Crippen molar-refractivity contribution in [3.63, 3.8) is 0 Å². The Balaban J connectivity index is 1.44. The highest BCUT2D eigenvalue weighted by atomic mass is 79.9. The Labute approximate surface area is 369 Å². The Kier molecular flexibility index (Phi) is 17.0. The number of aliphatic imine (C=N–C) groups is 1. The van der Waals surface area contributed by atoms with Crippen molar-refractivity contribution in [2.45, 2.75) is 94.8 Å². The van der Waals surface area contributed by atoms with Crippen LogP contribution in [0.1, 0.15) is 67.7 Å². The van der Waals surface area contributed by atoms with Crippen LogP contribution in [0.5, 0.6) is 0 Å². The normalized spacial score (nSPS) is 15.8. The molecule has 328 valence electrons. The maximum absolute atomic E-state index is 14.7. The zero-order valence-corrected chi connectivity index (χ0v) is 36.5. The summed E-state index contributed by atoms with van der Waals surface area (Å²) >= 11 is 3.63. The van der Waals surface area contributed by atoms with Gasteiger partial charge in [-0.05, 0) is 71.2 Å². The van der Waals surface area contributed by atoms with Gasteiger partial charge >= 0.3 is 0 Å². The number of hydrogen-bond acceptors (Lipinski definition) is 7. The Morgan fingerprint density at radius 1 is 0.742 bits per heavy atom. The summed E-state index contributed by atoms with van der Waals surface area (Å²) in [4.78, 5) is 86.1. The maximum Gasteiger partial charge on any atom is 0.246 e. The lowest BCUT2D eigenvalue weighted by atomic mass is 9.76. The molecule has 5 rings (SSSR count). The number of carbonyl (C=O) groups is 6. The van der Waals surface area contributed by atoms with Gasteiger partial charge in [0.25, 0.3) is 0 Å². The van der Waals surface area contributed by atoms with Crippen molar-refractivity contribution in [1.29, 1.82) is 0 Å². The fourth-order valence-electron chi connectivity index (χ4n) is 7.61. The highest BCUT2D eigenvalue weighted by molar-refractivity contribution is 9.10. The number of nitrogens with two attached hydrogens (primary N) is 3. The van der Waals surface area contributed by atoms with Gasteiger partial charge in [0.05, 0.1) is 6.54 Å². The van der Waals surface area contributed by atoms with Gasteiger partial charge in [0.1, 0.15) is 23.7 Å². The van der Waals surface area contributed by atoms with Gasteiger partial charge in [0.15, 0.2) is 5.96 Å². The number of nitrogens with one attached hydrogen (secondary N) is 5. The quantitative estimate of drug-likeness (QED) is 0.0350. The summed E-state index contributed by atoms with van der Waals surface area (Å²) in [7, 11) is 0. The Bertz CT molecular complexity index is 2270. The molecule has 0 aliphatic heterocycles. The number of primary amides is 1. The summed E-state index contributed by atoms with van der Waals surface area (Å²) in [5, 5.41) is 16.1. The van der Waals surface area contributed by atoms with Gasteiger partial charge in [-0.2, -0.15) is 0 Å². The number of rotatable bonds is 21. The van der Waals surface area contributed by atoms with Crippen molar-refractivity contribution in [1.82, 2.24) is 26.6 Å². The van der Waals surface area contributed by atoms with Crippen LogP contribution in [0.25, 0.3) is 10.8 Å². The van der Waals surface area contributed by atoms with E-state index in [-0.39, 0.29) is 63.4 Å². The third-order valence-electron chi connectivity index (χ3n) is 10.9. The van der Waals surface area contributed by atoms with Crippen LogP contribution in [0, 0.1) is 0 Å². The molecule has 0 heterocycles. The summed E-state index contributed by atoms with van der Waals surface area (Å²) in [6.45, 7) is 1.67. The van der Waals surface area contributed by atoms with Crippen molar-refractivity contribution in [3.8, 4) is 0 Å². The van der Waals surface area contributed by atoms with Gasteiger partial charge in [-0.3, -0.25) is 33.8 Å². The minimum absolute atomic E-state index is 0.0499. The predicted octanol–water partition coefficient (Wildman–Crippen LogP) is 2.73. The van der Waals surface area contributed by atoms with E-state index in [4.69, 9.17) is 17.2 Å². The number of nitrogens with zero attached hydrogens (tertiary/aromatic N) is 1. The zero-order chi connectivity index (χ0) is 44.6. The molecule has 0 saturated heterocycles. The predicted molar refractivity (Wildman–Crippen MR) is 242 cm³/mol. The van der Waals surface area contributed by atoms with Crippen molar-refractivity contribution in [3.05, 3.63) is 118 Å². The molecule has 4 atom stereocenters. The third kappa shape index (κ3) is 13.4. The van der Waals surface area contributed by atoms with Crippen molar-refractivity contribution < 1.29 is 28.8 Å². The molecule has 15 nitrogen and oxygen atoms in total. The summed E-state index contributed by atoms with van der Waals surface area (Å²) in [6.07, 6.45) is 3.10. The summed E-state index contributed by atoms with van der Waals surface area (Å²) in [5.74, 6) is -3.72. The topological polar surface area (TPSA) is 253 Å². The second kappa shape index (κ2) is 22.5. The Hall–Kier alpha value is -6.29. The van der Waals surface area contributed by atoms with Crippen LogP contribution in [0.3, 0.4) is 0 Å². The molecule has 1 aliphatic rings. The van der Waals surface area contributed by atoms with Gasteiger partial charge in [-0.1, -0.05) is 114 Å². The van der Waals surface area contributed by atoms with Crippen LogP contribution in [0.4, 0.5) is 0 Å². The molecule has 1 aliphatic carbocycles. The molecule has 2 unspecified atom stereocenters. The maximum atomic E-state index is 14.7. The fourth-order valence-corrected chi connectivity index (χ4v) is 8.21. The standard InChI is InChI=1S/C46H56BrN9O6/c1-2-3-18-40(58)56-46(22-21-34-33(27-46)15-9-16-35(34)47)44(62)55-38(25-29-11-5-4-6-12-29)43(61)53-36(17-10-23-51-45(49)50)42(60)54-37(41(59)52-28-39(48)57)26-30-19-20-31-13-7-8-14-32(31)24-30/h4-9,11-16,19-20,24,36-38H,2-3,10,17-18,21-23,25-28H2,1H3,(H2,48,57)(H,52,59)(H,53,61)(H,54,60)(H,55,62)(H,56,58)(H4,49,50,51)/t36-,37?,38+,46?/m0/s1. The average Bonchev–Trinajstić information content (AvgIpc) is 3.25. The highest BCUT2D eigenvalue weighted by Crippen LogP contribution is 2.34. The zero-order valence-electron chi connectivity index (χ0n) is 34.9. The van der Waals surface area contributed by atoms with Gasteiger partial charge in [-0.15, -0.1) is 0 Å². The summed E-state index contributed by atoms with van der Waals surface area (Å²) in [6, 6.07) is 24.6. The molecule has 0 spiro atoms. The first-order valence-corrected chi connectivity index (χ1v) is 21.7. The monoisotopic (exact) mass is 909 g/mol.